The quantitative estimate of drug-likeness (QED) is 0.587. The van der Waals surface area contributed by atoms with E-state index in [1.54, 1.807) is 6.07 Å². The van der Waals surface area contributed by atoms with E-state index in [1.807, 2.05) is 30.6 Å². The normalized spacial score (nSPS) is 17.0. The van der Waals surface area contributed by atoms with Crippen LogP contribution in [0.3, 0.4) is 0 Å². The number of carbonyl (C=O) groups is 1. The maximum Gasteiger partial charge on any atom is 0.338 e. The molecule has 1 aliphatic heterocycles. The van der Waals surface area contributed by atoms with Crippen molar-refractivity contribution < 1.29 is 14.6 Å². The summed E-state index contributed by atoms with van der Waals surface area (Å²) in [5.41, 5.74) is 2.76. The van der Waals surface area contributed by atoms with Gasteiger partial charge in [0.15, 0.2) is 0 Å². The molecule has 1 saturated heterocycles. The van der Waals surface area contributed by atoms with E-state index in [9.17, 15) is 4.79 Å². The minimum atomic E-state index is -0.394. The van der Waals surface area contributed by atoms with E-state index in [2.05, 4.69) is 39.5 Å². The van der Waals surface area contributed by atoms with Crippen molar-refractivity contribution in [2.24, 2.45) is 0 Å². The Labute approximate surface area is 176 Å². The standard InChI is InChI=1S/C24H27N3O3/c28-12-13-30-24(29)19-5-1-4-18(14-19)16-27-11-3-7-21(17-27)26-23-8-2-6-20-15-25-10-9-22(20)23/h1-2,4-6,8-10,14-15,21,26,28H,3,7,11-13,16-17H2. The maximum absolute atomic E-state index is 12.0. The fourth-order valence-electron chi connectivity index (χ4n) is 4.06. The number of nitrogens with zero attached hydrogens (tertiary/aromatic N) is 2. The van der Waals surface area contributed by atoms with Crippen molar-refractivity contribution in [2.45, 2.75) is 25.4 Å². The second kappa shape index (κ2) is 9.69. The average Bonchev–Trinajstić information content (AvgIpc) is 2.78. The van der Waals surface area contributed by atoms with Crippen LogP contribution in [0, 0.1) is 0 Å². The van der Waals surface area contributed by atoms with E-state index in [-0.39, 0.29) is 13.2 Å². The number of pyridine rings is 1. The van der Waals surface area contributed by atoms with Crippen LogP contribution in [0.25, 0.3) is 10.8 Å². The van der Waals surface area contributed by atoms with Gasteiger partial charge in [0, 0.05) is 48.0 Å². The number of likely N-dealkylation sites (tertiary alicyclic amines) is 1. The molecule has 2 N–H and O–H groups in total. The SMILES string of the molecule is O=C(OCCO)c1cccc(CN2CCCC(Nc3cccc4cnccc34)C2)c1. The first-order valence-electron chi connectivity index (χ1n) is 10.4. The molecular weight excluding hydrogens is 378 g/mol. The predicted molar refractivity (Wildman–Crippen MR) is 117 cm³/mol. The van der Waals surface area contributed by atoms with Gasteiger partial charge in [-0.25, -0.2) is 4.79 Å². The Bertz CT molecular complexity index is 1000. The third kappa shape index (κ3) is 4.96. The molecule has 2 aromatic carbocycles. The monoisotopic (exact) mass is 405 g/mol. The fraction of sp³-hybridized carbons (Fsp3) is 0.333. The zero-order valence-electron chi connectivity index (χ0n) is 17.0. The molecule has 1 aromatic heterocycles. The third-order valence-electron chi connectivity index (χ3n) is 5.44. The Kier molecular flexibility index (Phi) is 6.57. The van der Waals surface area contributed by atoms with Gasteiger partial charge < -0.3 is 15.2 Å². The number of aliphatic hydroxyl groups excluding tert-OH is 1. The smallest absolute Gasteiger partial charge is 0.338 e. The fourth-order valence-corrected chi connectivity index (χ4v) is 4.06. The Balaban J connectivity index is 1.40. The maximum atomic E-state index is 12.0. The first-order valence-corrected chi connectivity index (χ1v) is 10.4. The molecule has 0 aliphatic carbocycles. The summed E-state index contributed by atoms with van der Waals surface area (Å²) in [7, 11) is 0. The predicted octanol–water partition coefficient (Wildman–Crippen LogP) is 3.46. The molecule has 3 aromatic rings. The van der Waals surface area contributed by atoms with Crippen LogP contribution in [-0.2, 0) is 11.3 Å². The van der Waals surface area contributed by atoms with Gasteiger partial charge in [0.05, 0.1) is 12.2 Å². The zero-order valence-corrected chi connectivity index (χ0v) is 17.0. The molecule has 0 radical (unpaired) electrons. The van der Waals surface area contributed by atoms with E-state index in [4.69, 9.17) is 9.84 Å². The summed E-state index contributed by atoms with van der Waals surface area (Å²) in [6.07, 6.45) is 5.99. The molecule has 4 rings (SSSR count). The van der Waals surface area contributed by atoms with Gasteiger partial charge in [0.1, 0.15) is 6.61 Å². The van der Waals surface area contributed by atoms with Crippen molar-refractivity contribution in [2.75, 3.05) is 31.6 Å². The number of fused-ring (bicyclic) bond motifs is 1. The van der Waals surface area contributed by atoms with Crippen LogP contribution in [0.5, 0.6) is 0 Å². The highest BCUT2D eigenvalue weighted by Crippen LogP contribution is 2.25. The number of esters is 1. The molecule has 1 fully saturated rings. The lowest BCUT2D eigenvalue weighted by atomic mass is 10.0. The van der Waals surface area contributed by atoms with E-state index in [0.29, 0.717) is 11.6 Å². The van der Waals surface area contributed by atoms with Crippen molar-refractivity contribution in [3.63, 3.8) is 0 Å². The van der Waals surface area contributed by atoms with Crippen molar-refractivity contribution in [3.05, 3.63) is 72.1 Å². The number of aliphatic hydroxyl groups is 1. The number of benzene rings is 2. The largest absolute Gasteiger partial charge is 0.460 e. The number of aromatic nitrogens is 1. The number of ether oxygens (including phenoxy) is 1. The van der Waals surface area contributed by atoms with Gasteiger partial charge in [0.25, 0.3) is 0 Å². The van der Waals surface area contributed by atoms with Crippen molar-refractivity contribution >= 4 is 22.4 Å². The number of hydrogen-bond acceptors (Lipinski definition) is 6. The molecule has 1 unspecified atom stereocenters. The van der Waals surface area contributed by atoms with E-state index < -0.39 is 5.97 Å². The molecule has 0 saturated carbocycles. The van der Waals surface area contributed by atoms with Crippen LogP contribution in [0.1, 0.15) is 28.8 Å². The van der Waals surface area contributed by atoms with Gasteiger partial charge in [-0.05, 0) is 49.2 Å². The Morgan fingerprint density at radius 3 is 3.03 bits per heavy atom. The number of nitrogens with one attached hydrogen (secondary N) is 1. The Morgan fingerprint density at radius 1 is 1.23 bits per heavy atom. The molecule has 0 amide bonds. The van der Waals surface area contributed by atoms with Crippen molar-refractivity contribution in [3.8, 4) is 0 Å². The molecular formula is C24H27N3O3. The second-order valence-electron chi connectivity index (χ2n) is 7.68. The van der Waals surface area contributed by atoms with Crippen LogP contribution in [0.2, 0.25) is 0 Å². The summed E-state index contributed by atoms with van der Waals surface area (Å²) in [4.78, 5) is 18.7. The van der Waals surface area contributed by atoms with Crippen LogP contribution in [0.15, 0.2) is 60.9 Å². The molecule has 6 heteroatoms. The molecule has 0 spiro atoms. The van der Waals surface area contributed by atoms with Gasteiger partial charge in [-0.1, -0.05) is 24.3 Å². The highest BCUT2D eigenvalue weighted by Gasteiger charge is 2.21. The summed E-state index contributed by atoms with van der Waals surface area (Å²) >= 11 is 0. The summed E-state index contributed by atoms with van der Waals surface area (Å²) in [5, 5.41) is 14.9. The van der Waals surface area contributed by atoms with Gasteiger partial charge in [-0.3, -0.25) is 9.88 Å². The number of rotatable bonds is 7. The van der Waals surface area contributed by atoms with Crippen LogP contribution in [-0.4, -0.2) is 53.3 Å². The number of hydrogen-bond donors (Lipinski definition) is 2. The van der Waals surface area contributed by atoms with Gasteiger partial charge in [0.2, 0.25) is 0 Å². The van der Waals surface area contributed by atoms with E-state index >= 15 is 0 Å². The number of carbonyl (C=O) groups excluding carboxylic acids is 1. The molecule has 1 atom stereocenters. The van der Waals surface area contributed by atoms with E-state index in [0.717, 1.165) is 49.1 Å². The van der Waals surface area contributed by atoms with Gasteiger partial charge in [-0.2, -0.15) is 0 Å². The van der Waals surface area contributed by atoms with Crippen LogP contribution < -0.4 is 5.32 Å². The van der Waals surface area contributed by atoms with Crippen molar-refractivity contribution in [1.82, 2.24) is 9.88 Å². The Morgan fingerprint density at radius 2 is 2.13 bits per heavy atom. The summed E-state index contributed by atoms with van der Waals surface area (Å²) < 4.78 is 5.02. The lowest BCUT2D eigenvalue weighted by Crippen LogP contribution is -2.41. The van der Waals surface area contributed by atoms with Crippen molar-refractivity contribution in [1.29, 1.82) is 0 Å². The topological polar surface area (TPSA) is 74.7 Å². The third-order valence-corrected chi connectivity index (χ3v) is 5.44. The van der Waals surface area contributed by atoms with E-state index in [1.165, 1.54) is 5.39 Å². The molecule has 6 nitrogen and oxygen atoms in total. The first-order chi connectivity index (χ1) is 14.7. The highest BCUT2D eigenvalue weighted by atomic mass is 16.5. The summed E-state index contributed by atoms with van der Waals surface area (Å²) in [6.45, 7) is 2.63. The number of piperidine rings is 1. The van der Waals surface area contributed by atoms with Crippen LogP contribution >= 0.6 is 0 Å². The first kappa shape index (κ1) is 20.3. The summed E-state index contributed by atoms with van der Waals surface area (Å²) in [5.74, 6) is -0.394. The number of anilines is 1. The molecule has 156 valence electrons. The lowest BCUT2D eigenvalue weighted by molar-refractivity contribution is 0.0433. The lowest BCUT2D eigenvalue weighted by Gasteiger charge is -2.34. The molecule has 2 heterocycles. The average molecular weight is 405 g/mol. The van der Waals surface area contributed by atoms with Crippen LogP contribution in [0.4, 0.5) is 5.69 Å². The zero-order chi connectivity index (χ0) is 20.8. The minimum Gasteiger partial charge on any atom is -0.460 e. The second-order valence-corrected chi connectivity index (χ2v) is 7.68. The molecule has 0 bridgehead atoms. The minimum absolute atomic E-state index is 0.0206. The molecule has 30 heavy (non-hydrogen) atoms. The summed E-state index contributed by atoms with van der Waals surface area (Å²) in [6, 6.07) is 16.3. The molecule has 1 aliphatic rings. The van der Waals surface area contributed by atoms with Gasteiger partial charge >= 0.3 is 5.97 Å². The Hall–Kier alpha value is -2.96. The van der Waals surface area contributed by atoms with Gasteiger partial charge in [-0.15, -0.1) is 0 Å². The highest BCUT2D eigenvalue weighted by molar-refractivity contribution is 5.93.